The molecule has 0 unspecified atom stereocenters. The second-order valence-electron chi connectivity index (χ2n) is 2.24. The molecule has 1 rings (SSSR count). The molecule has 0 atom stereocenters. The van der Waals surface area contributed by atoms with Crippen molar-refractivity contribution in [2.45, 2.75) is 4.90 Å². The predicted molar refractivity (Wildman–Crippen MR) is 48.3 cm³/mol. The van der Waals surface area contributed by atoms with E-state index < -0.39 is 10.1 Å². The molecule has 0 aliphatic carbocycles. The SMILES string of the molecule is NOS(=O)(=O)c1cc(N)ccc1Cl. The van der Waals surface area contributed by atoms with E-state index in [4.69, 9.17) is 17.3 Å². The molecule has 1 aromatic carbocycles. The number of anilines is 1. The minimum Gasteiger partial charge on any atom is -0.399 e. The molecule has 0 bridgehead atoms. The van der Waals surface area contributed by atoms with Gasteiger partial charge in [0.1, 0.15) is 4.90 Å². The quantitative estimate of drug-likeness (QED) is 0.561. The molecule has 0 radical (unpaired) electrons. The van der Waals surface area contributed by atoms with Crippen LogP contribution in [-0.2, 0) is 14.4 Å². The Bertz CT molecular complexity index is 418. The minimum absolute atomic E-state index is 0.0136. The van der Waals surface area contributed by atoms with Gasteiger partial charge in [0, 0.05) is 5.69 Å². The number of hydrogen-bond donors (Lipinski definition) is 2. The molecular formula is C6H7ClN2O3S. The molecular weight excluding hydrogens is 216 g/mol. The van der Waals surface area contributed by atoms with Crippen molar-refractivity contribution in [3.8, 4) is 0 Å². The molecule has 5 nitrogen and oxygen atoms in total. The van der Waals surface area contributed by atoms with Gasteiger partial charge in [0.25, 0.3) is 0 Å². The summed E-state index contributed by atoms with van der Waals surface area (Å²) in [5, 5.41) is 0.0136. The summed E-state index contributed by atoms with van der Waals surface area (Å²) in [6, 6.07) is 3.99. The van der Waals surface area contributed by atoms with E-state index in [-0.39, 0.29) is 15.6 Å². The average molecular weight is 223 g/mol. The standard InChI is InChI=1S/C6H7ClN2O3S/c7-5-2-1-4(8)3-6(5)13(10,11)12-9/h1-3H,8-9H2. The summed E-state index contributed by atoms with van der Waals surface area (Å²) >= 11 is 5.59. The normalized spacial score (nSPS) is 11.5. The Morgan fingerprint density at radius 1 is 1.38 bits per heavy atom. The number of nitrogen functional groups attached to an aromatic ring is 1. The predicted octanol–water partition coefficient (Wildman–Crippen LogP) is 0.501. The van der Waals surface area contributed by atoms with Gasteiger partial charge in [-0.2, -0.15) is 18.6 Å². The van der Waals surface area contributed by atoms with Crippen LogP contribution in [-0.4, -0.2) is 8.42 Å². The van der Waals surface area contributed by atoms with E-state index in [1.54, 1.807) is 0 Å². The summed E-state index contributed by atoms with van der Waals surface area (Å²) in [4.78, 5) is -0.239. The van der Waals surface area contributed by atoms with Crippen molar-refractivity contribution in [1.29, 1.82) is 0 Å². The Hall–Kier alpha value is -0.820. The molecule has 72 valence electrons. The van der Waals surface area contributed by atoms with E-state index in [0.29, 0.717) is 0 Å². The molecule has 0 amide bonds. The van der Waals surface area contributed by atoms with Crippen LogP contribution in [0.4, 0.5) is 5.69 Å². The van der Waals surface area contributed by atoms with Crippen LogP contribution in [0.25, 0.3) is 0 Å². The fourth-order valence-electron chi connectivity index (χ4n) is 0.763. The van der Waals surface area contributed by atoms with Gasteiger partial charge in [-0.3, -0.25) is 0 Å². The van der Waals surface area contributed by atoms with E-state index in [9.17, 15) is 8.42 Å². The van der Waals surface area contributed by atoms with Crippen molar-refractivity contribution in [3.63, 3.8) is 0 Å². The van der Waals surface area contributed by atoms with Crippen LogP contribution in [0, 0.1) is 0 Å². The maximum Gasteiger partial charge on any atom is 0.314 e. The van der Waals surface area contributed by atoms with E-state index in [2.05, 4.69) is 10.2 Å². The highest BCUT2D eigenvalue weighted by Gasteiger charge is 2.17. The van der Waals surface area contributed by atoms with Gasteiger partial charge in [0.2, 0.25) is 0 Å². The summed E-state index contributed by atoms with van der Waals surface area (Å²) in [6.07, 6.45) is 0. The summed E-state index contributed by atoms with van der Waals surface area (Å²) in [5.74, 6) is 4.57. The lowest BCUT2D eigenvalue weighted by molar-refractivity contribution is 0.333. The second-order valence-corrected chi connectivity index (χ2v) is 4.19. The van der Waals surface area contributed by atoms with Gasteiger partial charge in [0.05, 0.1) is 5.02 Å². The first kappa shape index (κ1) is 10.3. The Labute approximate surface area is 80.3 Å². The minimum atomic E-state index is -3.99. The van der Waals surface area contributed by atoms with Crippen LogP contribution < -0.4 is 11.6 Å². The van der Waals surface area contributed by atoms with E-state index in [0.717, 1.165) is 0 Å². The van der Waals surface area contributed by atoms with Crippen molar-refractivity contribution in [3.05, 3.63) is 23.2 Å². The molecule has 13 heavy (non-hydrogen) atoms. The lowest BCUT2D eigenvalue weighted by atomic mass is 10.3. The molecule has 0 fully saturated rings. The van der Waals surface area contributed by atoms with Gasteiger partial charge in [-0.15, -0.1) is 0 Å². The zero-order valence-corrected chi connectivity index (χ0v) is 7.97. The number of hydrogen-bond acceptors (Lipinski definition) is 5. The molecule has 4 N–H and O–H groups in total. The van der Waals surface area contributed by atoms with Crippen LogP contribution in [0.5, 0.6) is 0 Å². The second kappa shape index (κ2) is 3.51. The van der Waals surface area contributed by atoms with Crippen LogP contribution in [0.15, 0.2) is 23.1 Å². The molecule has 0 aliphatic heterocycles. The lowest BCUT2D eigenvalue weighted by Gasteiger charge is -2.03. The highest BCUT2D eigenvalue weighted by Crippen LogP contribution is 2.24. The molecule has 0 aliphatic rings. The summed E-state index contributed by atoms with van der Waals surface area (Å²) < 4.78 is 26.0. The van der Waals surface area contributed by atoms with Gasteiger partial charge in [0.15, 0.2) is 0 Å². The Morgan fingerprint density at radius 2 is 2.00 bits per heavy atom. The van der Waals surface area contributed by atoms with E-state index in [1.165, 1.54) is 18.2 Å². The first-order valence-corrected chi connectivity index (χ1v) is 4.94. The van der Waals surface area contributed by atoms with Gasteiger partial charge in [-0.25, -0.2) is 0 Å². The average Bonchev–Trinajstić information content (AvgIpc) is 2.09. The number of halogens is 1. The van der Waals surface area contributed by atoms with Crippen LogP contribution >= 0.6 is 11.6 Å². The highest BCUT2D eigenvalue weighted by atomic mass is 35.5. The smallest absolute Gasteiger partial charge is 0.314 e. The molecule has 0 saturated heterocycles. The van der Waals surface area contributed by atoms with E-state index >= 15 is 0 Å². The molecule has 1 aromatic rings. The Kier molecular flexibility index (Phi) is 2.77. The largest absolute Gasteiger partial charge is 0.399 e. The lowest BCUT2D eigenvalue weighted by Crippen LogP contribution is -2.11. The monoisotopic (exact) mass is 222 g/mol. The first-order chi connectivity index (χ1) is 5.97. The fraction of sp³-hybridized carbons (Fsp3) is 0. The van der Waals surface area contributed by atoms with Crippen LogP contribution in [0.2, 0.25) is 5.02 Å². The number of benzene rings is 1. The molecule has 0 spiro atoms. The van der Waals surface area contributed by atoms with Gasteiger partial charge < -0.3 is 5.73 Å². The number of rotatable bonds is 2. The van der Waals surface area contributed by atoms with Crippen molar-refractivity contribution in [2.24, 2.45) is 5.90 Å². The third kappa shape index (κ3) is 2.10. The molecule has 7 heteroatoms. The van der Waals surface area contributed by atoms with E-state index in [1.807, 2.05) is 0 Å². The third-order valence-corrected chi connectivity index (χ3v) is 2.92. The van der Waals surface area contributed by atoms with Crippen molar-refractivity contribution < 1.29 is 12.7 Å². The zero-order chi connectivity index (χ0) is 10.1. The Morgan fingerprint density at radius 3 is 2.54 bits per heavy atom. The summed E-state index contributed by atoms with van der Waals surface area (Å²) in [7, 11) is -3.99. The topological polar surface area (TPSA) is 95.4 Å². The third-order valence-electron chi connectivity index (χ3n) is 1.35. The first-order valence-electron chi connectivity index (χ1n) is 3.16. The van der Waals surface area contributed by atoms with Crippen molar-refractivity contribution in [1.82, 2.24) is 0 Å². The Balaban J connectivity index is 3.38. The molecule has 0 aromatic heterocycles. The fourth-order valence-corrected chi connectivity index (χ4v) is 1.86. The summed E-state index contributed by atoms with van der Waals surface area (Å²) in [5.41, 5.74) is 5.62. The summed E-state index contributed by atoms with van der Waals surface area (Å²) in [6.45, 7) is 0. The van der Waals surface area contributed by atoms with Crippen molar-refractivity contribution in [2.75, 3.05) is 5.73 Å². The molecule has 0 saturated carbocycles. The van der Waals surface area contributed by atoms with Gasteiger partial charge in [-0.1, -0.05) is 11.6 Å². The molecule has 0 heterocycles. The number of nitrogens with two attached hydrogens (primary N) is 2. The zero-order valence-electron chi connectivity index (χ0n) is 6.40. The van der Waals surface area contributed by atoms with Crippen molar-refractivity contribution >= 4 is 27.4 Å². The maximum atomic E-state index is 11.1. The van der Waals surface area contributed by atoms with Crippen LogP contribution in [0.3, 0.4) is 0 Å². The van der Waals surface area contributed by atoms with Gasteiger partial charge in [-0.05, 0) is 18.2 Å². The highest BCUT2D eigenvalue weighted by molar-refractivity contribution is 7.86. The van der Waals surface area contributed by atoms with Crippen LogP contribution in [0.1, 0.15) is 0 Å². The van der Waals surface area contributed by atoms with Gasteiger partial charge >= 0.3 is 10.1 Å². The maximum absolute atomic E-state index is 11.1.